The first-order chi connectivity index (χ1) is 12.5. The van der Waals surface area contributed by atoms with Crippen molar-refractivity contribution in [3.63, 3.8) is 0 Å². The Morgan fingerprint density at radius 3 is 2.88 bits per heavy atom. The predicted octanol–water partition coefficient (Wildman–Crippen LogP) is 4.68. The minimum atomic E-state index is 0.0123. The molecule has 136 valence electrons. The van der Waals surface area contributed by atoms with Crippen LogP contribution < -0.4 is 10.5 Å². The number of aromatic nitrogens is 1. The van der Waals surface area contributed by atoms with Crippen LogP contribution in [0.1, 0.15) is 29.7 Å². The fourth-order valence-corrected chi connectivity index (χ4v) is 4.89. The van der Waals surface area contributed by atoms with E-state index in [4.69, 9.17) is 22.1 Å². The molecule has 2 heterocycles. The van der Waals surface area contributed by atoms with E-state index in [1.807, 2.05) is 31.2 Å². The van der Waals surface area contributed by atoms with Gasteiger partial charge in [-0.05, 0) is 56.0 Å². The molecular weight excluding hydrogens is 368 g/mol. The molecule has 4 nitrogen and oxygen atoms in total. The molecule has 2 aromatic heterocycles. The SMILES string of the molecule is Cc1cc(Cl)cc(-c2ccnc3cc(CO)sc23)c1O[C@@H]1CC[C@H](N)C1. The molecule has 0 unspecified atom stereocenters. The third-order valence-corrected chi connectivity index (χ3v) is 6.22. The van der Waals surface area contributed by atoms with Gasteiger partial charge in [-0.15, -0.1) is 11.3 Å². The molecule has 0 radical (unpaired) electrons. The molecule has 0 spiro atoms. The van der Waals surface area contributed by atoms with Crippen molar-refractivity contribution in [1.82, 2.24) is 4.98 Å². The Labute approximate surface area is 161 Å². The van der Waals surface area contributed by atoms with Gasteiger partial charge in [0.2, 0.25) is 0 Å². The molecule has 0 bridgehead atoms. The zero-order valence-corrected chi connectivity index (χ0v) is 16.1. The van der Waals surface area contributed by atoms with E-state index in [0.29, 0.717) is 5.02 Å². The summed E-state index contributed by atoms with van der Waals surface area (Å²) >= 11 is 7.92. The average molecular weight is 389 g/mol. The molecule has 2 atom stereocenters. The van der Waals surface area contributed by atoms with Crippen molar-refractivity contribution in [3.8, 4) is 16.9 Å². The first-order valence-electron chi connectivity index (χ1n) is 8.76. The molecule has 3 N–H and O–H groups in total. The van der Waals surface area contributed by atoms with E-state index in [1.54, 1.807) is 17.5 Å². The van der Waals surface area contributed by atoms with Gasteiger partial charge in [-0.25, -0.2) is 0 Å². The zero-order valence-electron chi connectivity index (χ0n) is 14.5. The van der Waals surface area contributed by atoms with Crippen LogP contribution in [0.5, 0.6) is 5.75 Å². The summed E-state index contributed by atoms with van der Waals surface area (Å²) in [4.78, 5) is 5.32. The minimum Gasteiger partial charge on any atom is -0.489 e. The number of aliphatic hydroxyl groups excluding tert-OH is 1. The van der Waals surface area contributed by atoms with Gasteiger partial charge < -0.3 is 15.6 Å². The number of rotatable bonds is 4. The highest BCUT2D eigenvalue weighted by Gasteiger charge is 2.25. The van der Waals surface area contributed by atoms with Gasteiger partial charge in [0, 0.05) is 33.3 Å². The van der Waals surface area contributed by atoms with Crippen LogP contribution in [-0.2, 0) is 6.61 Å². The summed E-state index contributed by atoms with van der Waals surface area (Å²) in [5.74, 6) is 0.861. The summed E-state index contributed by atoms with van der Waals surface area (Å²) in [5, 5.41) is 10.2. The van der Waals surface area contributed by atoms with E-state index >= 15 is 0 Å². The van der Waals surface area contributed by atoms with E-state index in [1.165, 1.54) is 0 Å². The lowest BCUT2D eigenvalue weighted by atomic mass is 10.0. The summed E-state index contributed by atoms with van der Waals surface area (Å²) < 4.78 is 7.43. The molecule has 4 rings (SSSR count). The molecule has 0 saturated heterocycles. The van der Waals surface area contributed by atoms with Gasteiger partial charge in [-0.2, -0.15) is 0 Å². The van der Waals surface area contributed by atoms with Crippen molar-refractivity contribution in [1.29, 1.82) is 0 Å². The van der Waals surface area contributed by atoms with Crippen LogP contribution in [-0.4, -0.2) is 22.2 Å². The standard InChI is InChI=1S/C20H21ClN2O2S/c1-11-6-12(21)7-17(19(11)25-14-3-2-13(22)8-14)16-4-5-23-18-9-15(10-24)26-20(16)18/h4-7,9,13-14,24H,2-3,8,10,22H2,1H3/t13-,14+/m0/s1. The van der Waals surface area contributed by atoms with E-state index in [2.05, 4.69) is 4.98 Å². The fourth-order valence-electron chi connectivity index (χ4n) is 3.61. The van der Waals surface area contributed by atoms with E-state index in [-0.39, 0.29) is 18.8 Å². The van der Waals surface area contributed by atoms with Crippen LogP contribution in [0.4, 0.5) is 0 Å². The maximum absolute atomic E-state index is 9.48. The summed E-state index contributed by atoms with van der Waals surface area (Å²) in [6.07, 6.45) is 4.77. The number of fused-ring (bicyclic) bond motifs is 1. The van der Waals surface area contributed by atoms with Crippen LogP contribution in [0.2, 0.25) is 5.02 Å². The molecule has 1 fully saturated rings. The van der Waals surface area contributed by atoms with Crippen LogP contribution in [0.15, 0.2) is 30.5 Å². The van der Waals surface area contributed by atoms with Gasteiger partial charge in [-0.3, -0.25) is 4.98 Å². The highest BCUT2D eigenvalue weighted by molar-refractivity contribution is 7.19. The van der Waals surface area contributed by atoms with Crippen molar-refractivity contribution < 1.29 is 9.84 Å². The number of ether oxygens (including phenoxy) is 1. The van der Waals surface area contributed by atoms with Crippen molar-refractivity contribution in [2.24, 2.45) is 5.73 Å². The summed E-state index contributed by atoms with van der Waals surface area (Å²) in [5.41, 5.74) is 9.94. The van der Waals surface area contributed by atoms with Gasteiger partial charge >= 0.3 is 0 Å². The Kier molecular flexibility index (Phi) is 4.88. The molecule has 0 amide bonds. The lowest BCUT2D eigenvalue weighted by molar-refractivity contribution is 0.208. The van der Waals surface area contributed by atoms with Gasteiger partial charge in [0.15, 0.2) is 0 Å². The first kappa shape index (κ1) is 17.7. The number of thiophene rings is 1. The van der Waals surface area contributed by atoms with Gasteiger partial charge in [0.1, 0.15) is 11.9 Å². The Hall–Kier alpha value is -1.66. The van der Waals surface area contributed by atoms with Crippen LogP contribution in [0.3, 0.4) is 0 Å². The molecule has 6 heteroatoms. The van der Waals surface area contributed by atoms with Gasteiger partial charge in [-0.1, -0.05) is 11.6 Å². The van der Waals surface area contributed by atoms with Crippen LogP contribution in [0, 0.1) is 6.92 Å². The van der Waals surface area contributed by atoms with Gasteiger partial charge in [0.05, 0.1) is 16.8 Å². The van der Waals surface area contributed by atoms with E-state index in [9.17, 15) is 5.11 Å². The van der Waals surface area contributed by atoms with Gasteiger partial charge in [0.25, 0.3) is 0 Å². The number of nitrogens with zero attached hydrogens (tertiary/aromatic N) is 1. The first-order valence-corrected chi connectivity index (χ1v) is 9.95. The summed E-state index contributed by atoms with van der Waals surface area (Å²) in [6.45, 7) is 2.03. The second-order valence-electron chi connectivity index (χ2n) is 6.86. The molecule has 1 aliphatic rings. The number of hydrogen-bond acceptors (Lipinski definition) is 5. The maximum atomic E-state index is 9.48. The van der Waals surface area contributed by atoms with Crippen LogP contribution >= 0.6 is 22.9 Å². The largest absolute Gasteiger partial charge is 0.489 e. The maximum Gasteiger partial charge on any atom is 0.130 e. The smallest absolute Gasteiger partial charge is 0.130 e. The molecule has 1 aliphatic carbocycles. The second kappa shape index (κ2) is 7.16. The number of nitrogens with two attached hydrogens (primary N) is 1. The number of aryl methyl sites for hydroxylation is 1. The normalized spacial score (nSPS) is 20.0. The van der Waals surface area contributed by atoms with E-state index in [0.717, 1.165) is 56.8 Å². The summed E-state index contributed by atoms with van der Waals surface area (Å²) in [6, 6.07) is 8.01. The molecule has 0 aliphatic heterocycles. The summed E-state index contributed by atoms with van der Waals surface area (Å²) in [7, 11) is 0. The lowest BCUT2D eigenvalue weighted by Crippen LogP contribution is -2.19. The molecule has 1 aromatic carbocycles. The third-order valence-electron chi connectivity index (χ3n) is 4.86. The van der Waals surface area contributed by atoms with Crippen molar-refractivity contribution in [2.75, 3.05) is 0 Å². The molecule has 1 saturated carbocycles. The number of aliphatic hydroxyl groups is 1. The number of hydrogen-bond donors (Lipinski definition) is 2. The molecule has 26 heavy (non-hydrogen) atoms. The fraction of sp³-hybridized carbons (Fsp3) is 0.350. The Balaban J connectivity index is 1.84. The Bertz CT molecular complexity index is 956. The van der Waals surface area contributed by atoms with E-state index < -0.39 is 0 Å². The number of benzene rings is 1. The minimum absolute atomic E-state index is 0.0123. The monoisotopic (exact) mass is 388 g/mol. The van der Waals surface area contributed by atoms with Crippen molar-refractivity contribution in [2.45, 2.75) is 44.9 Å². The third kappa shape index (κ3) is 3.32. The highest BCUT2D eigenvalue weighted by atomic mass is 35.5. The Morgan fingerprint density at radius 2 is 2.15 bits per heavy atom. The number of halogens is 1. The lowest BCUT2D eigenvalue weighted by Gasteiger charge is -2.20. The Morgan fingerprint density at radius 1 is 1.31 bits per heavy atom. The molecule has 3 aromatic rings. The zero-order chi connectivity index (χ0) is 18.3. The van der Waals surface area contributed by atoms with Crippen molar-refractivity contribution in [3.05, 3.63) is 45.9 Å². The number of pyridine rings is 1. The van der Waals surface area contributed by atoms with Crippen LogP contribution in [0.25, 0.3) is 21.3 Å². The predicted molar refractivity (Wildman–Crippen MR) is 107 cm³/mol. The van der Waals surface area contributed by atoms with Crippen molar-refractivity contribution >= 4 is 33.2 Å². The topological polar surface area (TPSA) is 68.4 Å². The molecular formula is C20H21ClN2O2S. The average Bonchev–Trinajstić information content (AvgIpc) is 3.22. The quantitative estimate of drug-likeness (QED) is 0.681. The highest BCUT2D eigenvalue weighted by Crippen LogP contribution is 2.42. The second-order valence-corrected chi connectivity index (χ2v) is 8.43.